The number of hydrogen-bond donors (Lipinski definition) is 18. The highest BCUT2D eigenvalue weighted by Crippen LogP contribution is 2.16. The number of carboxylic acid groups (broad SMARTS) is 1. The molecule has 85 heavy (non-hydrogen) atoms. The number of aliphatic hydroxyl groups is 2. The number of quaternary nitrogens is 1. The molecule has 0 unspecified atom stereocenters. The smallest absolute Gasteiger partial charge is 0.328 e. The van der Waals surface area contributed by atoms with Crippen LogP contribution in [-0.2, 0) is 57.5 Å². The number of amides is 11. The van der Waals surface area contributed by atoms with Gasteiger partial charge in [-0.05, 0) is 67.2 Å². The van der Waals surface area contributed by atoms with Gasteiger partial charge in [0.15, 0.2) is 6.54 Å². The fraction of sp³-hybridized carbons (Fsp3) is 0.782. The molecule has 0 aliphatic heterocycles. The zero-order chi connectivity index (χ0) is 65.6. The highest BCUT2D eigenvalue weighted by atomic mass is 16.4. The summed E-state index contributed by atoms with van der Waals surface area (Å²) in [6.45, 7) is 21.4. The summed E-state index contributed by atoms with van der Waals surface area (Å²) in [4.78, 5) is 162. The first kappa shape index (κ1) is 78.4. The van der Waals surface area contributed by atoms with Gasteiger partial charge in [0.1, 0.15) is 66.7 Å². The fourth-order valence-electron chi connectivity index (χ4n) is 8.44. The van der Waals surface area contributed by atoms with Crippen molar-refractivity contribution in [2.75, 3.05) is 32.8 Å². The lowest BCUT2D eigenvalue weighted by Gasteiger charge is -2.31. The summed E-state index contributed by atoms with van der Waals surface area (Å²) < 4.78 is 0. The van der Waals surface area contributed by atoms with E-state index in [1.807, 2.05) is 0 Å². The molecule has 0 fully saturated rings. The molecule has 0 radical (unpaired) electrons. The van der Waals surface area contributed by atoms with Gasteiger partial charge in [0, 0.05) is 0 Å². The van der Waals surface area contributed by atoms with Crippen molar-refractivity contribution < 1.29 is 78.6 Å². The summed E-state index contributed by atoms with van der Waals surface area (Å²) in [6.07, 6.45) is 0.490. The number of nitrogens with two attached hydrogens (primary N) is 2. The average molecular weight is 1220 g/mol. The Morgan fingerprint density at radius 2 is 0.765 bits per heavy atom. The van der Waals surface area contributed by atoms with Crippen LogP contribution in [0.2, 0.25) is 0 Å². The van der Waals surface area contributed by atoms with E-state index in [0.717, 1.165) is 0 Å². The first-order valence-corrected chi connectivity index (χ1v) is 29.4. The second kappa shape index (κ2) is 39.9. The predicted molar refractivity (Wildman–Crippen MR) is 314 cm³/mol. The monoisotopic (exact) mass is 1210 g/mol. The van der Waals surface area contributed by atoms with Crippen LogP contribution in [0.5, 0.6) is 0 Å². The zero-order valence-electron chi connectivity index (χ0n) is 52.3. The van der Waals surface area contributed by atoms with E-state index < -0.39 is 193 Å². The molecule has 30 nitrogen and oxygen atoms in total. The van der Waals surface area contributed by atoms with Crippen molar-refractivity contribution in [3.8, 4) is 0 Å². The van der Waals surface area contributed by atoms with Gasteiger partial charge >= 0.3 is 5.97 Å². The first-order chi connectivity index (χ1) is 39.7. The topological polar surface area (TPSA) is 490 Å². The molecule has 0 spiro atoms. The fourth-order valence-corrected chi connectivity index (χ4v) is 8.44. The highest BCUT2D eigenvalue weighted by Gasteiger charge is 2.39. The Bertz CT molecular complexity index is 2200. The first-order valence-electron chi connectivity index (χ1n) is 29.4. The van der Waals surface area contributed by atoms with Crippen LogP contribution in [0.4, 0.5) is 0 Å². The third-order valence-corrected chi connectivity index (χ3v) is 14.4. The van der Waals surface area contributed by atoms with E-state index in [1.54, 1.807) is 96.9 Å². The number of carboxylic acids is 1. The van der Waals surface area contributed by atoms with Crippen LogP contribution >= 0.6 is 0 Å². The van der Waals surface area contributed by atoms with Gasteiger partial charge in [-0.25, -0.2) is 4.79 Å². The van der Waals surface area contributed by atoms with Gasteiger partial charge in [0.05, 0.1) is 19.8 Å². The van der Waals surface area contributed by atoms with Crippen LogP contribution in [0.3, 0.4) is 0 Å². The van der Waals surface area contributed by atoms with Crippen molar-refractivity contribution >= 4 is 70.9 Å². The number of nitrogens with one attached hydrogen (secondary N) is 12. The van der Waals surface area contributed by atoms with Gasteiger partial charge < -0.3 is 91.0 Å². The number of aliphatic hydroxyl groups excluding tert-OH is 2. The van der Waals surface area contributed by atoms with E-state index in [4.69, 9.17) is 11.5 Å². The predicted octanol–water partition coefficient (Wildman–Crippen LogP) is -5.02. The number of aliphatic carboxylic acids is 1. The summed E-state index contributed by atoms with van der Waals surface area (Å²) in [5.41, 5.74) is 14.7. The third-order valence-electron chi connectivity index (χ3n) is 14.4. The highest BCUT2D eigenvalue weighted by molar-refractivity contribution is 5.99. The largest absolute Gasteiger partial charge is 0.480 e. The summed E-state index contributed by atoms with van der Waals surface area (Å²) in [5, 5.41) is 59.8. The molecule has 13 atom stereocenters. The lowest BCUT2D eigenvalue weighted by Crippen LogP contribution is -2.63. The molecule has 488 valence electrons. The minimum Gasteiger partial charge on any atom is -0.480 e. The molecule has 0 aliphatic carbocycles. The van der Waals surface area contributed by atoms with Gasteiger partial charge in [0.2, 0.25) is 59.1 Å². The van der Waals surface area contributed by atoms with Crippen LogP contribution in [0.1, 0.15) is 135 Å². The number of carbonyl (C=O) groups excluding carboxylic acids is 11. The second-order valence-electron chi connectivity index (χ2n) is 23.1. The maximum absolute atomic E-state index is 14.3. The summed E-state index contributed by atoms with van der Waals surface area (Å²) in [7, 11) is 0. The molecule has 0 saturated heterocycles. The van der Waals surface area contributed by atoms with E-state index in [1.165, 1.54) is 0 Å². The number of hydrogen-bond acceptors (Lipinski definition) is 17. The van der Waals surface area contributed by atoms with E-state index in [0.29, 0.717) is 19.3 Å². The summed E-state index contributed by atoms with van der Waals surface area (Å²) in [5.74, 6) is -13.4. The van der Waals surface area contributed by atoms with Crippen molar-refractivity contribution in [2.45, 2.75) is 202 Å². The van der Waals surface area contributed by atoms with Crippen molar-refractivity contribution in [3.05, 3.63) is 0 Å². The molecular weight excluding hydrogens is 1110 g/mol. The Morgan fingerprint density at radius 1 is 0.424 bits per heavy atom. The summed E-state index contributed by atoms with van der Waals surface area (Å²) in [6, 6.07) is -13.1. The van der Waals surface area contributed by atoms with E-state index in [9.17, 15) is 72.9 Å². The quantitative estimate of drug-likeness (QED) is 0.0201. The van der Waals surface area contributed by atoms with Crippen LogP contribution in [0.15, 0.2) is 0 Å². The molecule has 0 saturated carbocycles. The van der Waals surface area contributed by atoms with Crippen LogP contribution < -0.4 is 81.0 Å². The molecule has 30 heteroatoms. The SMILES string of the molecule is CC[C@H](C)[C@H](NC(=O)[C@H](CCCNC(N)N)NC(=O)CNC(=O)[C@@H](NC(=O)[C@@H](NC(=O)[C@@H](NC(=O)[C@@H](NC(=O)[C@H](CO)NC(=O)C[NH3+])C(C)C)C(C)C)[C@@H](C)CC)C(C)C)C(=O)N[C@H](C(=O)N[C@@H](CC(C)C)C(=O)N[C@@H](CO)C(=O)O)[C@@H](C)CC. The van der Waals surface area contributed by atoms with Gasteiger partial charge in [-0.3, -0.25) is 58.1 Å². The number of rotatable bonds is 41. The van der Waals surface area contributed by atoms with Crippen LogP contribution in [0, 0.1) is 41.4 Å². The minimum absolute atomic E-state index is 0.0246. The van der Waals surface area contributed by atoms with Crippen molar-refractivity contribution in [2.24, 2.45) is 52.9 Å². The van der Waals surface area contributed by atoms with Gasteiger partial charge in [-0.1, -0.05) is 116 Å². The number of carbonyl (C=O) groups is 12. The maximum Gasteiger partial charge on any atom is 0.328 e. The lowest BCUT2D eigenvalue weighted by molar-refractivity contribution is -0.355. The molecule has 0 aromatic rings. The van der Waals surface area contributed by atoms with Crippen molar-refractivity contribution in [1.82, 2.24) is 63.8 Å². The van der Waals surface area contributed by atoms with Crippen LogP contribution in [0.25, 0.3) is 0 Å². The van der Waals surface area contributed by atoms with Crippen LogP contribution in [-0.4, -0.2) is 186 Å². The van der Waals surface area contributed by atoms with Gasteiger partial charge in [0.25, 0.3) is 5.91 Å². The Morgan fingerprint density at radius 3 is 1.14 bits per heavy atom. The molecule has 0 bridgehead atoms. The molecular formula is C55H104N15O15+. The Kier molecular flexibility index (Phi) is 36.8. The van der Waals surface area contributed by atoms with Crippen molar-refractivity contribution in [1.29, 1.82) is 0 Å². The molecule has 11 amide bonds. The van der Waals surface area contributed by atoms with E-state index in [-0.39, 0.29) is 38.3 Å². The molecule has 0 aromatic carbocycles. The molecule has 0 heterocycles. The summed E-state index contributed by atoms with van der Waals surface area (Å²) >= 11 is 0. The minimum atomic E-state index is -1.64. The van der Waals surface area contributed by atoms with Crippen molar-refractivity contribution in [3.63, 3.8) is 0 Å². The Labute approximate surface area is 499 Å². The zero-order valence-corrected chi connectivity index (χ0v) is 52.3. The average Bonchev–Trinajstić information content (AvgIpc) is 3.44. The lowest BCUT2D eigenvalue weighted by atomic mass is 9.94. The molecule has 0 rings (SSSR count). The second-order valence-corrected chi connectivity index (χ2v) is 23.1. The Hall–Kier alpha value is -6.60. The van der Waals surface area contributed by atoms with Gasteiger partial charge in [-0.15, -0.1) is 0 Å². The molecule has 0 aliphatic rings. The molecule has 0 aromatic heterocycles. The Balaban J connectivity index is 6.57. The van der Waals surface area contributed by atoms with E-state index in [2.05, 4.69) is 69.5 Å². The maximum atomic E-state index is 14.3. The normalized spacial score (nSPS) is 16.1. The molecule has 22 N–H and O–H groups in total. The van der Waals surface area contributed by atoms with E-state index >= 15 is 0 Å². The third kappa shape index (κ3) is 28.0. The standard InChI is InChI=1S/C55H103N15O15/c1-15-30(12)42(51(81)63-34(21-26(4)5)46(76)64-36(25-72)54(84)85)70-53(83)43(31(13)16-2)68-45(75)33(19-18-20-59-55(57)58)61-38(74)23-60-48(78)39(27(6)7)66-52(82)44(32(14)17-3)69-50(80)41(29(10)11)67-49(79)40(28(8)9)65-47(77)35(24-71)62-37(73)22-56/h26-36,39-44,55,59,71-72H,15-25,56-58H2,1-14H3,(H,60,78)(H,61,74)(H,62,73)(H,63,81)(H,64,76)(H,65,77)(H,66,82)(H,67,79)(H,68,75)(H,69,80)(H,70,83)(H,84,85)/p+1/t30-,31-,32-,33-,34-,35-,36-,39-,40-,41-,42-,43-,44-/m0/s1. The van der Waals surface area contributed by atoms with Gasteiger partial charge in [-0.2, -0.15) is 0 Å².